The molecule has 90 valence electrons. The average Bonchev–Trinajstić information content (AvgIpc) is 2.15. The summed E-state index contributed by atoms with van der Waals surface area (Å²) in [4.78, 5) is 11.5. The SMILES string of the molecule is COC(C)(C)CNC(=O)CC(N)C(C)C. The minimum Gasteiger partial charge on any atom is -0.377 e. The summed E-state index contributed by atoms with van der Waals surface area (Å²) >= 11 is 0. The van der Waals surface area contributed by atoms with Crippen LogP contribution in [0.3, 0.4) is 0 Å². The van der Waals surface area contributed by atoms with Gasteiger partial charge in [-0.1, -0.05) is 13.8 Å². The van der Waals surface area contributed by atoms with Crippen molar-refractivity contribution in [2.45, 2.75) is 45.8 Å². The van der Waals surface area contributed by atoms with Gasteiger partial charge in [0.25, 0.3) is 0 Å². The van der Waals surface area contributed by atoms with E-state index in [0.717, 1.165) is 0 Å². The van der Waals surface area contributed by atoms with Crippen LogP contribution in [0.5, 0.6) is 0 Å². The van der Waals surface area contributed by atoms with Crippen molar-refractivity contribution in [2.24, 2.45) is 11.7 Å². The summed E-state index contributed by atoms with van der Waals surface area (Å²) in [5.74, 6) is 0.313. The van der Waals surface area contributed by atoms with E-state index in [0.29, 0.717) is 18.9 Å². The van der Waals surface area contributed by atoms with Crippen LogP contribution in [0.1, 0.15) is 34.1 Å². The number of hydrogen-bond acceptors (Lipinski definition) is 3. The molecule has 0 fully saturated rings. The highest BCUT2D eigenvalue weighted by Gasteiger charge is 2.18. The van der Waals surface area contributed by atoms with Crippen LogP contribution in [0.4, 0.5) is 0 Å². The van der Waals surface area contributed by atoms with Gasteiger partial charge in [-0.05, 0) is 19.8 Å². The number of rotatable bonds is 6. The molecule has 15 heavy (non-hydrogen) atoms. The molecule has 1 unspecified atom stereocenters. The second kappa shape index (κ2) is 6.08. The molecule has 0 heterocycles. The van der Waals surface area contributed by atoms with Crippen LogP contribution in [0, 0.1) is 5.92 Å². The summed E-state index contributed by atoms with van der Waals surface area (Å²) in [7, 11) is 1.63. The summed E-state index contributed by atoms with van der Waals surface area (Å²) in [6.07, 6.45) is 0.372. The first-order valence-corrected chi connectivity index (χ1v) is 5.36. The Labute approximate surface area is 92.6 Å². The van der Waals surface area contributed by atoms with Crippen molar-refractivity contribution in [1.29, 1.82) is 0 Å². The lowest BCUT2D eigenvalue weighted by Gasteiger charge is -2.24. The van der Waals surface area contributed by atoms with Gasteiger partial charge in [0, 0.05) is 26.1 Å². The van der Waals surface area contributed by atoms with Crippen LogP contribution in [-0.2, 0) is 9.53 Å². The summed E-state index contributed by atoms with van der Waals surface area (Å²) in [5.41, 5.74) is 5.48. The van der Waals surface area contributed by atoms with Gasteiger partial charge in [-0.25, -0.2) is 0 Å². The Bertz CT molecular complexity index is 203. The zero-order valence-corrected chi connectivity index (χ0v) is 10.5. The van der Waals surface area contributed by atoms with Crippen molar-refractivity contribution in [1.82, 2.24) is 5.32 Å². The van der Waals surface area contributed by atoms with Gasteiger partial charge in [-0.3, -0.25) is 4.79 Å². The topological polar surface area (TPSA) is 64.3 Å². The number of nitrogens with two attached hydrogens (primary N) is 1. The van der Waals surface area contributed by atoms with Crippen LogP contribution in [-0.4, -0.2) is 31.2 Å². The van der Waals surface area contributed by atoms with Crippen molar-refractivity contribution in [2.75, 3.05) is 13.7 Å². The zero-order valence-electron chi connectivity index (χ0n) is 10.5. The van der Waals surface area contributed by atoms with Crippen molar-refractivity contribution in [3.8, 4) is 0 Å². The van der Waals surface area contributed by atoms with Crippen LogP contribution in [0.15, 0.2) is 0 Å². The smallest absolute Gasteiger partial charge is 0.221 e. The molecule has 4 heteroatoms. The van der Waals surface area contributed by atoms with Crippen molar-refractivity contribution >= 4 is 5.91 Å². The van der Waals surface area contributed by atoms with E-state index >= 15 is 0 Å². The normalized spacial score (nSPS) is 14.1. The van der Waals surface area contributed by atoms with E-state index in [1.165, 1.54) is 0 Å². The molecular formula is C11H24N2O2. The molecule has 0 spiro atoms. The third kappa shape index (κ3) is 6.47. The number of carbonyl (C=O) groups excluding carboxylic acids is 1. The molecular weight excluding hydrogens is 192 g/mol. The Hall–Kier alpha value is -0.610. The molecule has 3 N–H and O–H groups in total. The first kappa shape index (κ1) is 14.4. The lowest BCUT2D eigenvalue weighted by molar-refractivity contribution is -0.122. The minimum atomic E-state index is -0.322. The number of amides is 1. The largest absolute Gasteiger partial charge is 0.377 e. The second-order valence-corrected chi connectivity index (χ2v) is 4.85. The highest BCUT2D eigenvalue weighted by atomic mass is 16.5. The Kier molecular flexibility index (Phi) is 5.83. The summed E-state index contributed by atoms with van der Waals surface area (Å²) in [6.45, 7) is 8.38. The van der Waals surface area contributed by atoms with Gasteiger partial charge in [0.1, 0.15) is 0 Å². The standard InChI is InChI=1S/C11H24N2O2/c1-8(2)9(12)6-10(14)13-7-11(3,4)15-5/h8-9H,6-7,12H2,1-5H3,(H,13,14). The fraction of sp³-hybridized carbons (Fsp3) is 0.909. The molecule has 1 amide bonds. The van der Waals surface area contributed by atoms with E-state index in [2.05, 4.69) is 5.32 Å². The number of nitrogens with one attached hydrogen (secondary N) is 1. The fourth-order valence-corrected chi connectivity index (χ4v) is 0.906. The monoisotopic (exact) mass is 216 g/mol. The molecule has 4 nitrogen and oxygen atoms in total. The lowest BCUT2D eigenvalue weighted by Crippen LogP contribution is -2.42. The number of ether oxygens (including phenoxy) is 1. The third-order valence-electron chi connectivity index (χ3n) is 2.54. The van der Waals surface area contributed by atoms with Crippen molar-refractivity contribution in [3.63, 3.8) is 0 Å². The molecule has 0 radical (unpaired) electrons. The molecule has 0 bridgehead atoms. The minimum absolute atomic E-state index is 0.0127. The molecule has 0 aromatic heterocycles. The summed E-state index contributed by atoms with van der Waals surface area (Å²) in [5, 5.41) is 2.82. The van der Waals surface area contributed by atoms with E-state index in [1.54, 1.807) is 7.11 Å². The quantitative estimate of drug-likeness (QED) is 0.693. The van der Waals surface area contributed by atoms with Gasteiger partial charge < -0.3 is 15.8 Å². The van der Waals surface area contributed by atoms with E-state index in [4.69, 9.17) is 10.5 Å². The van der Waals surface area contributed by atoms with Gasteiger partial charge in [0.05, 0.1) is 5.60 Å². The maximum Gasteiger partial charge on any atom is 0.221 e. The van der Waals surface area contributed by atoms with Crippen LogP contribution < -0.4 is 11.1 Å². The fourth-order valence-electron chi connectivity index (χ4n) is 0.906. The molecule has 0 saturated heterocycles. The Morgan fingerprint density at radius 2 is 2.00 bits per heavy atom. The van der Waals surface area contributed by atoms with Crippen LogP contribution in [0.2, 0.25) is 0 Å². The van der Waals surface area contributed by atoms with E-state index in [1.807, 2.05) is 27.7 Å². The van der Waals surface area contributed by atoms with Gasteiger partial charge in [-0.15, -0.1) is 0 Å². The Morgan fingerprint density at radius 1 is 1.47 bits per heavy atom. The van der Waals surface area contributed by atoms with Crippen molar-refractivity contribution in [3.05, 3.63) is 0 Å². The van der Waals surface area contributed by atoms with Crippen molar-refractivity contribution < 1.29 is 9.53 Å². The number of methoxy groups -OCH3 is 1. The zero-order chi connectivity index (χ0) is 12.1. The van der Waals surface area contributed by atoms with Crippen LogP contribution in [0.25, 0.3) is 0 Å². The first-order chi connectivity index (χ1) is 6.78. The van der Waals surface area contributed by atoms with Gasteiger partial charge >= 0.3 is 0 Å². The van der Waals surface area contributed by atoms with Gasteiger partial charge in [0.15, 0.2) is 0 Å². The summed E-state index contributed by atoms with van der Waals surface area (Å²) < 4.78 is 5.19. The van der Waals surface area contributed by atoms with Gasteiger partial charge in [-0.2, -0.15) is 0 Å². The number of carbonyl (C=O) groups is 1. The predicted molar refractivity (Wildman–Crippen MR) is 61.5 cm³/mol. The first-order valence-electron chi connectivity index (χ1n) is 5.36. The maximum absolute atomic E-state index is 11.5. The lowest BCUT2D eigenvalue weighted by atomic mass is 10.0. The molecule has 0 aliphatic carbocycles. The third-order valence-corrected chi connectivity index (χ3v) is 2.54. The maximum atomic E-state index is 11.5. The van der Waals surface area contributed by atoms with E-state index < -0.39 is 0 Å². The van der Waals surface area contributed by atoms with Gasteiger partial charge in [0.2, 0.25) is 5.91 Å². The second-order valence-electron chi connectivity index (χ2n) is 4.85. The molecule has 0 aliphatic heterocycles. The Morgan fingerprint density at radius 3 is 2.40 bits per heavy atom. The molecule has 0 rings (SSSR count). The molecule has 0 aromatic carbocycles. The molecule has 1 atom stereocenters. The molecule has 0 aliphatic rings. The van der Waals surface area contributed by atoms with E-state index in [9.17, 15) is 4.79 Å². The highest BCUT2D eigenvalue weighted by molar-refractivity contribution is 5.76. The highest BCUT2D eigenvalue weighted by Crippen LogP contribution is 2.06. The Balaban J connectivity index is 3.86. The number of hydrogen-bond donors (Lipinski definition) is 2. The van der Waals surface area contributed by atoms with Crippen LogP contribution >= 0.6 is 0 Å². The average molecular weight is 216 g/mol. The predicted octanol–water partition coefficient (Wildman–Crippen LogP) is 0.901. The molecule has 0 saturated carbocycles. The molecule has 0 aromatic rings. The van der Waals surface area contributed by atoms with E-state index in [-0.39, 0.29) is 17.6 Å². The summed E-state index contributed by atoms with van der Waals surface area (Å²) in [6, 6.07) is -0.0735.